The van der Waals surface area contributed by atoms with Crippen molar-refractivity contribution in [3.8, 4) is 5.75 Å². The van der Waals surface area contributed by atoms with Crippen LogP contribution >= 0.6 is 0 Å². The second-order valence-corrected chi connectivity index (χ2v) is 9.25. The van der Waals surface area contributed by atoms with Crippen LogP contribution in [-0.2, 0) is 10.0 Å². The Labute approximate surface area is 187 Å². The van der Waals surface area contributed by atoms with Crippen LogP contribution in [0.5, 0.6) is 5.75 Å². The fourth-order valence-electron chi connectivity index (χ4n) is 3.01. The van der Waals surface area contributed by atoms with E-state index in [-0.39, 0.29) is 28.6 Å². The quantitative estimate of drug-likeness (QED) is 0.505. The summed E-state index contributed by atoms with van der Waals surface area (Å²) in [7, 11) is -3.86. The molecule has 0 fully saturated rings. The van der Waals surface area contributed by atoms with Gasteiger partial charge in [0.1, 0.15) is 11.6 Å². The van der Waals surface area contributed by atoms with Gasteiger partial charge in [0, 0.05) is 11.3 Å². The van der Waals surface area contributed by atoms with Crippen molar-refractivity contribution in [2.75, 3.05) is 4.72 Å². The number of anilines is 1. The highest BCUT2D eigenvalue weighted by Gasteiger charge is 2.16. The van der Waals surface area contributed by atoms with Crippen molar-refractivity contribution in [2.24, 2.45) is 0 Å². The molecular formula is C24H25FN2O4S. The van der Waals surface area contributed by atoms with E-state index < -0.39 is 15.8 Å². The lowest BCUT2D eigenvalue weighted by Crippen LogP contribution is -2.26. The average Bonchev–Trinajstić information content (AvgIpc) is 2.74. The number of carbonyl (C=O) groups excluding carboxylic acids is 1. The van der Waals surface area contributed by atoms with Gasteiger partial charge < -0.3 is 10.1 Å². The summed E-state index contributed by atoms with van der Waals surface area (Å²) in [5.41, 5.74) is 1.58. The molecule has 0 saturated heterocycles. The first-order valence-electron chi connectivity index (χ1n) is 10.1. The van der Waals surface area contributed by atoms with Gasteiger partial charge in [-0.05, 0) is 87.0 Å². The zero-order chi connectivity index (χ0) is 23.3. The third-order valence-corrected chi connectivity index (χ3v) is 6.00. The Kier molecular flexibility index (Phi) is 7.15. The molecule has 2 N–H and O–H groups in total. The van der Waals surface area contributed by atoms with Crippen molar-refractivity contribution in [1.29, 1.82) is 0 Å². The van der Waals surface area contributed by atoms with Crippen LogP contribution in [0.25, 0.3) is 0 Å². The monoisotopic (exact) mass is 456 g/mol. The minimum absolute atomic E-state index is 0.0501. The molecule has 3 rings (SSSR count). The topological polar surface area (TPSA) is 84.5 Å². The Morgan fingerprint density at radius 1 is 0.938 bits per heavy atom. The molecule has 1 atom stereocenters. The lowest BCUT2D eigenvalue weighted by atomic mass is 10.1. The predicted octanol–water partition coefficient (Wildman–Crippen LogP) is 4.90. The van der Waals surface area contributed by atoms with E-state index in [1.54, 1.807) is 0 Å². The van der Waals surface area contributed by atoms with E-state index >= 15 is 0 Å². The lowest BCUT2D eigenvalue weighted by molar-refractivity contribution is 0.0939. The molecule has 0 aliphatic carbocycles. The molecule has 0 saturated carbocycles. The summed E-state index contributed by atoms with van der Waals surface area (Å²) in [6, 6.07) is 17.9. The number of sulfonamides is 1. The van der Waals surface area contributed by atoms with Crippen LogP contribution in [0.1, 0.15) is 42.7 Å². The van der Waals surface area contributed by atoms with Gasteiger partial charge in [-0.15, -0.1) is 0 Å². The minimum atomic E-state index is -3.86. The second-order valence-electron chi connectivity index (χ2n) is 7.57. The van der Waals surface area contributed by atoms with Gasteiger partial charge in [0.25, 0.3) is 15.9 Å². The molecule has 1 amide bonds. The average molecular weight is 457 g/mol. The maximum atomic E-state index is 13.0. The van der Waals surface area contributed by atoms with Crippen molar-refractivity contribution in [3.63, 3.8) is 0 Å². The van der Waals surface area contributed by atoms with Crippen molar-refractivity contribution < 1.29 is 22.3 Å². The number of benzene rings is 3. The third kappa shape index (κ3) is 6.07. The maximum absolute atomic E-state index is 13.0. The van der Waals surface area contributed by atoms with E-state index in [9.17, 15) is 17.6 Å². The first-order chi connectivity index (χ1) is 15.1. The molecule has 168 valence electrons. The van der Waals surface area contributed by atoms with Crippen molar-refractivity contribution in [1.82, 2.24) is 5.32 Å². The molecule has 0 aliphatic heterocycles. The summed E-state index contributed by atoms with van der Waals surface area (Å²) in [5, 5.41) is 2.92. The van der Waals surface area contributed by atoms with Crippen LogP contribution in [0.4, 0.5) is 10.1 Å². The second kappa shape index (κ2) is 9.82. The number of hydrogen-bond donors (Lipinski definition) is 2. The number of carbonyl (C=O) groups is 1. The molecule has 0 aliphatic rings. The summed E-state index contributed by atoms with van der Waals surface area (Å²) in [6.07, 6.45) is 0.0501. The number of halogens is 1. The Hall–Kier alpha value is -3.39. The van der Waals surface area contributed by atoms with E-state index in [1.807, 2.05) is 45.0 Å². The van der Waals surface area contributed by atoms with E-state index in [0.29, 0.717) is 5.56 Å². The molecule has 3 aromatic rings. The van der Waals surface area contributed by atoms with Gasteiger partial charge in [-0.2, -0.15) is 0 Å². The smallest absolute Gasteiger partial charge is 0.261 e. The van der Waals surface area contributed by atoms with Crippen molar-refractivity contribution in [2.45, 2.75) is 37.8 Å². The van der Waals surface area contributed by atoms with Gasteiger partial charge in [-0.1, -0.05) is 12.1 Å². The highest BCUT2D eigenvalue weighted by molar-refractivity contribution is 7.92. The molecule has 1 unspecified atom stereocenters. The maximum Gasteiger partial charge on any atom is 0.261 e. The van der Waals surface area contributed by atoms with Crippen molar-refractivity contribution in [3.05, 3.63) is 89.7 Å². The Morgan fingerprint density at radius 3 is 2.22 bits per heavy atom. The highest BCUT2D eigenvalue weighted by atomic mass is 32.2. The molecule has 6 nitrogen and oxygen atoms in total. The molecule has 8 heteroatoms. The molecule has 0 radical (unpaired) electrons. The van der Waals surface area contributed by atoms with E-state index in [2.05, 4.69) is 10.0 Å². The zero-order valence-electron chi connectivity index (χ0n) is 18.0. The summed E-state index contributed by atoms with van der Waals surface area (Å²) >= 11 is 0. The molecule has 0 aromatic heterocycles. The SMILES string of the molecule is CC(C)Oc1cccc(C(C)NC(=O)c2ccc(NS(=O)(=O)c3ccc(F)cc3)cc2)c1. The fourth-order valence-corrected chi connectivity index (χ4v) is 4.07. The van der Waals surface area contributed by atoms with Gasteiger partial charge in [0.2, 0.25) is 0 Å². The van der Waals surface area contributed by atoms with Gasteiger partial charge in [0.15, 0.2) is 0 Å². The number of hydrogen-bond acceptors (Lipinski definition) is 4. The van der Waals surface area contributed by atoms with Gasteiger partial charge in [-0.25, -0.2) is 12.8 Å². The predicted molar refractivity (Wildman–Crippen MR) is 122 cm³/mol. The number of rotatable bonds is 8. The van der Waals surface area contributed by atoms with Crippen LogP contribution in [0, 0.1) is 5.82 Å². The van der Waals surface area contributed by atoms with Gasteiger partial charge in [-0.3, -0.25) is 9.52 Å². The first-order valence-corrected chi connectivity index (χ1v) is 11.6. The summed E-state index contributed by atoms with van der Waals surface area (Å²) in [6.45, 7) is 5.76. The Balaban J connectivity index is 1.65. The van der Waals surface area contributed by atoms with Crippen LogP contribution in [0.3, 0.4) is 0 Å². The highest BCUT2D eigenvalue weighted by Crippen LogP contribution is 2.21. The molecule has 0 spiro atoms. The zero-order valence-corrected chi connectivity index (χ0v) is 18.8. The van der Waals surface area contributed by atoms with E-state index in [1.165, 1.54) is 36.4 Å². The molecule has 0 heterocycles. The summed E-state index contributed by atoms with van der Waals surface area (Å²) in [4.78, 5) is 12.6. The summed E-state index contributed by atoms with van der Waals surface area (Å²) in [5.74, 6) is -0.0790. The Bertz CT molecular complexity index is 1180. The molecule has 3 aromatic carbocycles. The van der Waals surface area contributed by atoms with Crippen LogP contribution in [-0.4, -0.2) is 20.4 Å². The minimum Gasteiger partial charge on any atom is -0.491 e. The molecular weight excluding hydrogens is 431 g/mol. The molecule has 32 heavy (non-hydrogen) atoms. The molecule has 0 bridgehead atoms. The lowest BCUT2D eigenvalue weighted by Gasteiger charge is -2.17. The van der Waals surface area contributed by atoms with Crippen LogP contribution < -0.4 is 14.8 Å². The number of nitrogens with one attached hydrogen (secondary N) is 2. The van der Waals surface area contributed by atoms with Gasteiger partial charge >= 0.3 is 0 Å². The standard InChI is InChI=1S/C24H25FN2O4S/c1-16(2)31-22-6-4-5-19(15-22)17(3)26-24(28)18-7-11-21(12-8-18)27-32(29,30)23-13-9-20(25)10-14-23/h4-17,27H,1-3H3,(H,26,28). The first kappa shape index (κ1) is 23.3. The largest absolute Gasteiger partial charge is 0.491 e. The van der Waals surface area contributed by atoms with E-state index in [0.717, 1.165) is 23.4 Å². The normalized spacial score (nSPS) is 12.3. The number of ether oxygens (including phenoxy) is 1. The van der Waals surface area contributed by atoms with Crippen LogP contribution in [0.2, 0.25) is 0 Å². The summed E-state index contributed by atoms with van der Waals surface area (Å²) < 4.78 is 46.0. The number of amides is 1. The third-order valence-electron chi connectivity index (χ3n) is 4.60. The van der Waals surface area contributed by atoms with Gasteiger partial charge in [0.05, 0.1) is 17.0 Å². The van der Waals surface area contributed by atoms with E-state index in [4.69, 9.17) is 4.74 Å². The van der Waals surface area contributed by atoms with Crippen LogP contribution in [0.15, 0.2) is 77.7 Å². The van der Waals surface area contributed by atoms with Crippen molar-refractivity contribution >= 4 is 21.6 Å². The Morgan fingerprint density at radius 2 is 1.59 bits per heavy atom. The fraction of sp³-hybridized carbons (Fsp3) is 0.208.